The number of likely N-dealkylation sites (tertiary alicyclic amines) is 1. The molecule has 1 aliphatic heterocycles. The zero-order chi connectivity index (χ0) is 23.5. The average molecular weight is 479 g/mol. The van der Waals surface area contributed by atoms with Crippen molar-refractivity contribution in [2.75, 3.05) is 33.9 Å². The van der Waals surface area contributed by atoms with Crippen LogP contribution in [0.2, 0.25) is 0 Å². The number of ether oxygens (including phenoxy) is 2. The van der Waals surface area contributed by atoms with Gasteiger partial charge in [-0.1, -0.05) is 12.1 Å². The van der Waals surface area contributed by atoms with Gasteiger partial charge in [-0.2, -0.15) is 0 Å². The molecule has 7 nitrogen and oxygen atoms in total. The maximum absolute atomic E-state index is 11.0. The summed E-state index contributed by atoms with van der Waals surface area (Å²) in [7, 11) is 3.33. The standard InChI is InChI=1S/C26H30N4O3S/c1-32-18-6-7-21-24(14-18)34-25(29-21)15-28-17-9-12-30(13-10-17)16-22(31)19-8-11-27-26-20(19)4-3-5-23(26)33-2/h3-8,11,14,17,22,28,31H,9-10,12-13,15-16H2,1-2H3/t22-/m0/s1. The van der Waals surface area contributed by atoms with Gasteiger partial charge in [-0.25, -0.2) is 4.98 Å². The summed E-state index contributed by atoms with van der Waals surface area (Å²) in [4.78, 5) is 11.5. The van der Waals surface area contributed by atoms with E-state index in [4.69, 9.17) is 14.5 Å². The molecule has 1 saturated heterocycles. The summed E-state index contributed by atoms with van der Waals surface area (Å²) in [5.74, 6) is 1.59. The first-order chi connectivity index (χ1) is 16.6. The van der Waals surface area contributed by atoms with Crippen LogP contribution in [-0.4, -0.2) is 59.9 Å². The highest BCUT2D eigenvalue weighted by atomic mass is 32.1. The van der Waals surface area contributed by atoms with Gasteiger partial charge in [0.25, 0.3) is 0 Å². The Morgan fingerprint density at radius 2 is 2.00 bits per heavy atom. The molecule has 2 aromatic heterocycles. The van der Waals surface area contributed by atoms with Gasteiger partial charge in [-0.3, -0.25) is 4.98 Å². The van der Waals surface area contributed by atoms with Crippen molar-refractivity contribution in [3.8, 4) is 11.5 Å². The Morgan fingerprint density at radius 3 is 2.79 bits per heavy atom. The van der Waals surface area contributed by atoms with Crippen LogP contribution in [0.5, 0.6) is 11.5 Å². The summed E-state index contributed by atoms with van der Waals surface area (Å²) >= 11 is 1.71. The van der Waals surface area contributed by atoms with Crippen molar-refractivity contribution >= 4 is 32.5 Å². The molecule has 1 fully saturated rings. The molecule has 0 spiro atoms. The number of rotatable bonds is 8. The van der Waals surface area contributed by atoms with E-state index in [-0.39, 0.29) is 0 Å². The summed E-state index contributed by atoms with van der Waals surface area (Å²) in [6.45, 7) is 3.30. The number of methoxy groups -OCH3 is 2. The van der Waals surface area contributed by atoms with Crippen LogP contribution in [0, 0.1) is 0 Å². The van der Waals surface area contributed by atoms with Gasteiger partial charge in [0.05, 0.1) is 30.5 Å². The van der Waals surface area contributed by atoms with Crippen LogP contribution >= 0.6 is 11.3 Å². The second-order valence-electron chi connectivity index (χ2n) is 8.67. The van der Waals surface area contributed by atoms with Gasteiger partial charge < -0.3 is 24.8 Å². The lowest BCUT2D eigenvalue weighted by Gasteiger charge is -2.33. The van der Waals surface area contributed by atoms with Crippen LogP contribution in [-0.2, 0) is 6.54 Å². The number of fused-ring (bicyclic) bond motifs is 2. The third-order valence-electron chi connectivity index (χ3n) is 6.55. The van der Waals surface area contributed by atoms with Crippen LogP contribution in [0.4, 0.5) is 0 Å². The zero-order valence-electron chi connectivity index (χ0n) is 19.5. The Labute approximate surface area is 203 Å². The number of hydrogen-bond acceptors (Lipinski definition) is 8. The molecule has 0 unspecified atom stereocenters. The molecule has 1 aliphatic rings. The highest BCUT2D eigenvalue weighted by Crippen LogP contribution is 2.30. The van der Waals surface area contributed by atoms with Crippen molar-refractivity contribution in [2.24, 2.45) is 0 Å². The number of piperidine rings is 1. The maximum Gasteiger partial charge on any atom is 0.145 e. The second kappa shape index (κ2) is 10.2. The van der Waals surface area contributed by atoms with E-state index in [1.165, 1.54) is 0 Å². The number of β-amino-alcohol motifs (C(OH)–C–C–N with tert-alkyl or cyclic N) is 1. The van der Waals surface area contributed by atoms with Crippen molar-refractivity contribution in [3.05, 3.63) is 59.2 Å². The molecule has 0 radical (unpaired) electrons. The van der Waals surface area contributed by atoms with E-state index in [1.54, 1.807) is 31.8 Å². The van der Waals surface area contributed by atoms with Crippen molar-refractivity contribution in [1.82, 2.24) is 20.2 Å². The summed E-state index contributed by atoms with van der Waals surface area (Å²) in [5.41, 5.74) is 2.71. The first-order valence-electron chi connectivity index (χ1n) is 11.6. The number of aliphatic hydroxyl groups excluding tert-OH is 1. The summed E-state index contributed by atoms with van der Waals surface area (Å²) < 4.78 is 11.9. The Bertz CT molecular complexity index is 1270. The fourth-order valence-electron chi connectivity index (χ4n) is 4.68. The molecule has 5 rings (SSSR count). The van der Waals surface area contributed by atoms with E-state index in [1.807, 2.05) is 42.5 Å². The molecule has 3 heterocycles. The minimum atomic E-state index is -0.568. The number of nitrogens with zero attached hydrogens (tertiary/aromatic N) is 3. The Kier molecular flexibility index (Phi) is 6.92. The molecule has 0 amide bonds. The highest BCUT2D eigenvalue weighted by Gasteiger charge is 2.23. The quantitative estimate of drug-likeness (QED) is 0.394. The molecule has 2 N–H and O–H groups in total. The van der Waals surface area contributed by atoms with Gasteiger partial charge in [0.2, 0.25) is 0 Å². The van der Waals surface area contributed by atoms with Crippen LogP contribution in [0.3, 0.4) is 0 Å². The van der Waals surface area contributed by atoms with Crippen LogP contribution in [0.1, 0.15) is 29.5 Å². The summed E-state index contributed by atoms with van der Waals surface area (Å²) in [5, 5.41) is 16.7. The van der Waals surface area contributed by atoms with E-state index in [2.05, 4.69) is 15.2 Å². The fraction of sp³-hybridized carbons (Fsp3) is 0.385. The molecule has 2 aromatic carbocycles. The Balaban J connectivity index is 1.15. The number of nitrogens with one attached hydrogen (secondary N) is 1. The smallest absolute Gasteiger partial charge is 0.145 e. The number of para-hydroxylation sites is 1. The van der Waals surface area contributed by atoms with E-state index < -0.39 is 6.10 Å². The summed E-state index contributed by atoms with van der Waals surface area (Å²) in [6, 6.07) is 14.2. The van der Waals surface area contributed by atoms with Crippen LogP contribution in [0.15, 0.2) is 48.7 Å². The normalized spacial score (nSPS) is 16.2. The fourth-order valence-corrected chi connectivity index (χ4v) is 5.62. The minimum Gasteiger partial charge on any atom is -0.497 e. The third-order valence-corrected chi connectivity index (χ3v) is 7.57. The number of pyridine rings is 1. The maximum atomic E-state index is 11.0. The second-order valence-corrected chi connectivity index (χ2v) is 9.78. The highest BCUT2D eigenvalue weighted by molar-refractivity contribution is 7.18. The van der Waals surface area contributed by atoms with Crippen LogP contribution in [0.25, 0.3) is 21.1 Å². The van der Waals surface area contributed by atoms with Gasteiger partial charge in [-0.05, 0) is 61.8 Å². The Morgan fingerprint density at radius 1 is 1.15 bits per heavy atom. The molecular formula is C26H30N4O3S. The number of aliphatic hydroxyl groups is 1. The first kappa shape index (κ1) is 23.0. The molecule has 0 aliphatic carbocycles. The lowest BCUT2D eigenvalue weighted by molar-refractivity contribution is 0.0949. The molecule has 0 bridgehead atoms. The van der Waals surface area contributed by atoms with Crippen molar-refractivity contribution in [2.45, 2.75) is 31.5 Å². The lowest BCUT2D eigenvalue weighted by Crippen LogP contribution is -2.43. The van der Waals surface area contributed by atoms with Crippen molar-refractivity contribution in [3.63, 3.8) is 0 Å². The molecule has 178 valence electrons. The van der Waals surface area contributed by atoms with Crippen LogP contribution < -0.4 is 14.8 Å². The van der Waals surface area contributed by atoms with Crippen molar-refractivity contribution in [1.29, 1.82) is 0 Å². The van der Waals surface area contributed by atoms with E-state index in [9.17, 15) is 5.11 Å². The number of benzene rings is 2. The molecule has 1 atom stereocenters. The summed E-state index contributed by atoms with van der Waals surface area (Å²) in [6.07, 6.45) is 3.28. The number of aromatic nitrogens is 2. The van der Waals surface area contributed by atoms with Gasteiger partial charge in [0.1, 0.15) is 22.0 Å². The molecule has 34 heavy (non-hydrogen) atoms. The van der Waals surface area contributed by atoms with Crippen molar-refractivity contribution < 1.29 is 14.6 Å². The molecule has 8 heteroatoms. The van der Waals surface area contributed by atoms with E-state index >= 15 is 0 Å². The molecular weight excluding hydrogens is 448 g/mol. The largest absolute Gasteiger partial charge is 0.497 e. The van der Waals surface area contributed by atoms with Gasteiger partial charge in [-0.15, -0.1) is 11.3 Å². The molecule has 0 saturated carbocycles. The van der Waals surface area contributed by atoms with Gasteiger partial charge in [0, 0.05) is 30.7 Å². The molecule has 4 aromatic rings. The monoisotopic (exact) mass is 478 g/mol. The minimum absolute atomic E-state index is 0.459. The predicted octanol–water partition coefficient (Wildman–Crippen LogP) is 4.15. The van der Waals surface area contributed by atoms with Gasteiger partial charge in [0.15, 0.2) is 0 Å². The van der Waals surface area contributed by atoms with E-state index in [0.717, 1.165) is 75.7 Å². The predicted molar refractivity (Wildman–Crippen MR) is 136 cm³/mol. The number of hydrogen-bond donors (Lipinski definition) is 2. The average Bonchev–Trinajstić information content (AvgIpc) is 3.29. The number of thiazole rings is 1. The van der Waals surface area contributed by atoms with Gasteiger partial charge >= 0.3 is 0 Å². The Hall–Kier alpha value is -2.78. The topological polar surface area (TPSA) is 79.7 Å². The zero-order valence-corrected chi connectivity index (χ0v) is 20.3. The SMILES string of the molecule is COc1ccc2nc(CNC3CCN(C[C@H](O)c4ccnc5c(OC)cccc45)CC3)sc2c1. The van der Waals surface area contributed by atoms with E-state index in [0.29, 0.717) is 12.6 Å². The lowest BCUT2D eigenvalue weighted by atomic mass is 10.0. The third kappa shape index (κ3) is 4.86. The first-order valence-corrected chi connectivity index (χ1v) is 12.4.